The van der Waals surface area contributed by atoms with Crippen molar-refractivity contribution in [1.82, 2.24) is 15.0 Å². The largest absolute Gasteiger partial charge is 0.490 e. The monoisotopic (exact) mass is 476 g/mol. The highest BCUT2D eigenvalue weighted by molar-refractivity contribution is 5.95. The van der Waals surface area contributed by atoms with Crippen LogP contribution in [0.2, 0.25) is 0 Å². The lowest BCUT2D eigenvalue weighted by atomic mass is 10.0. The summed E-state index contributed by atoms with van der Waals surface area (Å²) < 4.78 is 17.1. The molecule has 0 unspecified atom stereocenters. The van der Waals surface area contributed by atoms with Crippen LogP contribution in [0, 0.1) is 13.8 Å². The normalized spacial score (nSPS) is 18.3. The molecule has 2 aliphatic rings. The molecule has 0 radical (unpaired) electrons. The van der Waals surface area contributed by atoms with Crippen LogP contribution in [0.25, 0.3) is 11.1 Å². The van der Waals surface area contributed by atoms with Gasteiger partial charge in [0.05, 0.1) is 24.0 Å². The van der Waals surface area contributed by atoms with Crippen LogP contribution in [0.15, 0.2) is 53.1 Å². The number of piperazine rings is 1. The fourth-order valence-corrected chi connectivity index (χ4v) is 4.60. The Hall–Kier alpha value is -3.85. The first-order valence-electron chi connectivity index (χ1n) is 11.7. The molecule has 0 saturated carbocycles. The van der Waals surface area contributed by atoms with E-state index in [0.29, 0.717) is 43.4 Å². The Morgan fingerprint density at radius 1 is 1.17 bits per heavy atom. The number of para-hydroxylation sites is 1. The standard InChI is InChI=1S/C26H28N4O5/c1-17-26(18(2)35-28-17)19-8-9-23-22(12-19)27-24(31)14-29-10-11-30(13-20(29)15-34-23)25(32)16-33-21-6-4-3-5-7-21/h3-9,12,20H,10-11,13-16H2,1-2H3,(H,27,31)/t20-/m1/s1. The zero-order valence-electron chi connectivity index (χ0n) is 19.8. The highest BCUT2D eigenvalue weighted by Gasteiger charge is 2.32. The number of fused-ring (bicyclic) bond motifs is 2. The number of aryl methyl sites for hydroxylation is 2. The number of anilines is 1. The molecule has 0 aliphatic carbocycles. The summed E-state index contributed by atoms with van der Waals surface area (Å²) in [7, 11) is 0. The predicted octanol–water partition coefficient (Wildman–Crippen LogP) is 2.88. The minimum atomic E-state index is -0.121. The Kier molecular flexibility index (Phi) is 6.41. The van der Waals surface area contributed by atoms with Crippen LogP contribution in [0.1, 0.15) is 11.5 Å². The van der Waals surface area contributed by atoms with E-state index in [-0.39, 0.29) is 31.0 Å². The first-order valence-corrected chi connectivity index (χ1v) is 11.7. The molecule has 5 rings (SSSR count). The van der Waals surface area contributed by atoms with Crippen molar-refractivity contribution in [1.29, 1.82) is 0 Å². The lowest BCUT2D eigenvalue weighted by molar-refractivity contribution is -0.137. The van der Waals surface area contributed by atoms with Crippen molar-refractivity contribution in [3.8, 4) is 22.6 Å². The Balaban J connectivity index is 1.29. The van der Waals surface area contributed by atoms with Gasteiger partial charge in [0.25, 0.3) is 5.91 Å². The molecule has 9 heteroatoms. The number of ether oxygens (including phenoxy) is 2. The first-order chi connectivity index (χ1) is 17.0. The quantitative estimate of drug-likeness (QED) is 0.618. The molecule has 0 spiro atoms. The lowest BCUT2D eigenvalue weighted by Crippen LogP contribution is -2.58. The SMILES string of the molecule is Cc1noc(C)c1-c1ccc2c(c1)NC(=O)CN1CCN(C(=O)COc3ccccc3)C[C@@H]1CO2. The Bertz CT molecular complexity index is 1210. The van der Waals surface area contributed by atoms with Gasteiger partial charge in [-0.15, -0.1) is 0 Å². The van der Waals surface area contributed by atoms with E-state index in [1.54, 1.807) is 4.90 Å². The van der Waals surface area contributed by atoms with Crippen LogP contribution in [-0.4, -0.2) is 72.2 Å². The van der Waals surface area contributed by atoms with Crippen molar-refractivity contribution in [2.24, 2.45) is 0 Å². The molecule has 2 aromatic carbocycles. The molecular weight excluding hydrogens is 448 g/mol. The summed E-state index contributed by atoms with van der Waals surface area (Å²) in [6, 6.07) is 14.9. The van der Waals surface area contributed by atoms with Crippen molar-refractivity contribution in [2.75, 3.05) is 44.7 Å². The molecule has 9 nitrogen and oxygen atoms in total. The molecule has 2 aliphatic heterocycles. The number of benzene rings is 2. The third-order valence-corrected chi connectivity index (χ3v) is 6.42. The molecule has 1 atom stereocenters. The molecule has 2 amide bonds. The fourth-order valence-electron chi connectivity index (χ4n) is 4.60. The second-order valence-electron chi connectivity index (χ2n) is 8.84. The van der Waals surface area contributed by atoms with Gasteiger partial charge in [-0.2, -0.15) is 0 Å². The van der Waals surface area contributed by atoms with Crippen molar-refractivity contribution < 1.29 is 23.6 Å². The summed E-state index contributed by atoms with van der Waals surface area (Å²) in [4.78, 5) is 29.5. The zero-order chi connectivity index (χ0) is 24.4. The van der Waals surface area contributed by atoms with Crippen LogP contribution in [-0.2, 0) is 9.59 Å². The van der Waals surface area contributed by atoms with E-state index in [1.807, 2.05) is 62.4 Å². The van der Waals surface area contributed by atoms with E-state index in [9.17, 15) is 9.59 Å². The Labute approximate surface area is 203 Å². The summed E-state index contributed by atoms with van der Waals surface area (Å²) in [6.07, 6.45) is 0. The second-order valence-corrected chi connectivity index (χ2v) is 8.84. The molecule has 0 bridgehead atoms. The van der Waals surface area contributed by atoms with E-state index >= 15 is 0 Å². The Morgan fingerprint density at radius 2 is 2.00 bits per heavy atom. The highest BCUT2D eigenvalue weighted by Crippen LogP contribution is 2.34. The van der Waals surface area contributed by atoms with E-state index < -0.39 is 0 Å². The van der Waals surface area contributed by atoms with Gasteiger partial charge in [-0.05, 0) is 43.7 Å². The molecule has 1 saturated heterocycles. The summed E-state index contributed by atoms with van der Waals surface area (Å²) >= 11 is 0. The average Bonchev–Trinajstić information content (AvgIpc) is 3.22. The maximum Gasteiger partial charge on any atom is 0.260 e. The number of hydrogen-bond donors (Lipinski definition) is 1. The molecule has 3 heterocycles. The minimum Gasteiger partial charge on any atom is -0.490 e. The van der Waals surface area contributed by atoms with Gasteiger partial charge < -0.3 is 24.2 Å². The van der Waals surface area contributed by atoms with Crippen LogP contribution in [0.4, 0.5) is 5.69 Å². The Morgan fingerprint density at radius 3 is 2.77 bits per heavy atom. The summed E-state index contributed by atoms with van der Waals surface area (Å²) in [5.41, 5.74) is 3.20. The molecule has 182 valence electrons. The van der Waals surface area contributed by atoms with Gasteiger partial charge in [0.15, 0.2) is 6.61 Å². The van der Waals surface area contributed by atoms with Gasteiger partial charge in [-0.25, -0.2) is 0 Å². The van der Waals surface area contributed by atoms with Gasteiger partial charge in [0, 0.05) is 25.2 Å². The van der Waals surface area contributed by atoms with Crippen molar-refractivity contribution >= 4 is 17.5 Å². The first kappa shape index (κ1) is 22.9. The molecule has 35 heavy (non-hydrogen) atoms. The van der Waals surface area contributed by atoms with Gasteiger partial charge >= 0.3 is 0 Å². The van der Waals surface area contributed by atoms with Crippen molar-refractivity contribution in [3.63, 3.8) is 0 Å². The number of aromatic nitrogens is 1. The van der Waals surface area contributed by atoms with E-state index in [4.69, 9.17) is 14.0 Å². The summed E-state index contributed by atoms with van der Waals surface area (Å²) in [6.45, 7) is 5.90. The van der Waals surface area contributed by atoms with Crippen LogP contribution in [0.3, 0.4) is 0 Å². The number of nitrogens with zero attached hydrogens (tertiary/aromatic N) is 3. The van der Waals surface area contributed by atoms with E-state index in [0.717, 1.165) is 22.6 Å². The van der Waals surface area contributed by atoms with E-state index in [1.165, 1.54) is 0 Å². The summed E-state index contributed by atoms with van der Waals surface area (Å²) in [5.74, 6) is 1.77. The highest BCUT2D eigenvalue weighted by atomic mass is 16.5. The van der Waals surface area contributed by atoms with E-state index in [2.05, 4.69) is 15.4 Å². The topological polar surface area (TPSA) is 97.1 Å². The number of nitrogens with one attached hydrogen (secondary N) is 1. The number of rotatable bonds is 4. The number of carbonyl (C=O) groups excluding carboxylic acids is 2. The molecule has 3 aromatic rings. The third kappa shape index (κ3) is 5.00. The molecule has 1 fully saturated rings. The molecular formula is C26H28N4O5. The average molecular weight is 477 g/mol. The smallest absolute Gasteiger partial charge is 0.260 e. The summed E-state index contributed by atoms with van der Waals surface area (Å²) in [5, 5.41) is 7.02. The maximum atomic E-state index is 12.9. The third-order valence-electron chi connectivity index (χ3n) is 6.42. The van der Waals surface area contributed by atoms with Gasteiger partial charge in [-0.1, -0.05) is 29.4 Å². The predicted molar refractivity (Wildman–Crippen MR) is 129 cm³/mol. The molecule has 1 aromatic heterocycles. The van der Waals surface area contributed by atoms with Crippen LogP contribution in [0.5, 0.6) is 11.5 Å². The fraction of sp³-hybridized carbons (Fsp3) is 0.346. The minimum absolute atomic E-state index is 0.0224. The van der Waals surface area contributed by atoms with Gasteiger partial charge in [-0.3, -0.25) is 14.5 Å². The van der Waals surface area contributed by atoms with Gasteiger partial charge in [0.1, 0.15) is 23.9 Å². The van der Waals surface area contributed by atoms with Crippen molar-refractivity contribution in [2.45, 2.75) is 19.9 Å². The van der Waals surface area contributed by atoms with Crippen LogP contribution >= 0.6 is 0 Å². The number of amides is 2. The molecule has 1 N–H and O–H groups in total. The maximum absolute atomic E-state index is 12.9. The van der Waals surface area contributed by atoms with Crippen LogP contribution < -0.4 is 14.8 Å². The van der Waals surface area contributed by atoms with Crippen molar-refractivity contribution in [3.05, 3.63) is 60.0 Å². The number of hydrogen-bond acceptors (Lipinski definition) is 7. The van der Waals surface area contributed by atoms with Gasteiger partial charge in [0.2, 0.25) is 5.91 Å². The zero-order valence-corrected chi connectivity index (χ0v) is 19.8. The lowest BCUT2D eigenvalue weighted by Gasteiger charge is -2.40. The second kappa shape index (κ2) is 9.79. The number of carbonyl (C=O) groups is 2.